The number of hydrogen-bond acceptors (Lipinski definition) is 5. The van der Waals surface area contributed by atoms with Crippen LogP contribution in [-0.4, -0.2) is 28.3 Å². The van der Waals surface area contributed by atoms with Gasteiger partial charge in [-0.15, -0.1) is 0 Å². The standard InChI is InChI=1S/C33H32N4O3/c1-21-16-23(3)31-27(17-21)28(18-29(37-31)25-9-7-14-34-19-25)33(39)36-26-12-10-24(11-13-26)32(38)35-20-30-22(2)8-5-4-6-15-40-30/h6-7,9-19H,4-5,8,20H2,1-3H3,(H,35,38)(H,36,39)/b15-6+,30-22-. The number of rotatable bonds is 6. The van der Waals surface area contributed by atoms with E-state index in [0.717, 1.165) is 58.2 Å². The molecule has 40 heavy (non-hydrogen) atoms. The molecule has 1 aliphatic heterocycles. The third kappa shape index (κ3) is 6.10. The Labute approximate surface area is 234 Å². The summed E-state index contributed by atoms with van der Waals surface area (Å²) in [4.78, 5) is 35.4. The van der Waals surface area contributed by atoms with Crippen molar-refractivity contribution in [3.05, 3.63) is 113 Å². The quantitative estimate of drug-likeness (QED) is 0.282. The second kappa shape index (κ2) is 11.9. The predicted octanol–water partition coefficient (Wildman–Crippen LogP) is 6.88. The third-order valence-electron chi connectivity index (χ3n) is 6.97. The number of amides is 2. The van der Waals surface area contributed by atoms with Crippen molar-refractivity contribution in [3.8, 4) is 11.3 Å². The number of hydrogen-bond donors (Lipinski definition) is 2. The topological polar surface area (TPSA) is 93.2 Å². The van der Waals surface area contributed by atoms with Gasteiger partial charge in [0.2, 0.25) is 0 Å². The van der Waals surface area contributed by atoms with Crippen LogP contribution in [-0.2, 0) is 4.74 Å². The largest absolute Gasteiger partial charge is 0.468 e. The number of nitrogens with one attached hydrogen (secondary N) is 2. The maximum Gasteiger partial charge on any atom is 0.256 e. The zero-order chi connectivity index (χ0) is 28.1. The van der Waals surface area contributed by atoms with Gasteiger partial charge in [-0.2, -0.15) is 0 Å². The van der Waals surface area contributed by atoms with Crippen LogP contribution < -0.4 is 10.6 Å². The number of ether oxygens (including phenoxy) is 1. The number of nitrogens with zero attached hydrogens (tertiary/aromatic N) is 2. The van der Waals surface area contributed by atoms with Crippen molar-refractivity contribution in [3.63, 3.8) is 0 Å². The van der Waals surface area contributed by atoms with Gasteiger partial charge in [0.15, 0.2) is 0 Å². The second-order valence-electron chi connectivity index (χ2n) is 10.1. The van der Waals surface area contributed by atoms with Gasteiger partial charge in [0.25, 0.3) is 11.8 Å². The lowest BCUT2D eigenvalue weighted by molar-refractivity contribution is 0.0951. The molecule has 3 heterocycles. The molecule has 202 valence electrons. The summed E-state index contributed by atoms with van der Waals surface area (Å²) in [6.07, 6.45) is 10.1. The Morgan fingerprint density at radius 2 is 1.82 bits per heavy atom. The minimum atomic E-state index is -0.253. The Hall–Kier alpha value is -4.78. The number of carbonyl (C=O) groups is 2. The van der Waals surface area contributed by atoms with Crippen molar-refractivity contribution in [2.24, 2.45) is 0 Å². The van der Waals surface area contributed by atoms with Crippen molar-refractivity contribution in [2.75, 3.05) is 11.9 Å². The summed E-state index contributed by atoms with van der Waals surface area (Å²) in [5, 5.41) is 6.70. The van der Waals surface area contributed by atoms with Crippen molar-refractivity contribution in [1.29, 1.82) is 0 Å². The van der Waals surface area contributed by atoms with Crippen LogP contribution in [0.3, 0.4) is 0 Å². The summed E-state index contributed by atoms with van der Waals surface area (Å²) in [5.74, 6) is 0.311. The lowest BCUT2D eigenvalue weighted by Crippen LogP contribution is -2.26. The van der Waals surface area contributed by atoms with Crippen molar-refractivity contribution in [1.82, 2.24) is 15.3 Å². The average Bonchev–Trinajstić information content (AvgIpc) is 2.95. The zero-order valence-electron chi connectivity index (χ0n) is 23.0. The highest BCUT2D eigenvalue weighted by Crippen LogP contribution is 2.28. The first-order valence-corrected chi connectivity index (χ1v) is 13.4. The van der Waals surface area contributed by atoms with Gasteiger partial charge in [-0.3, -0.25) is 14.6 Å². The maximum atomic E-state index is 13.6. The fraction of sp³-hybridized carbons (Fsp3) is 0.212. The minimum absolute atomic E-state index is 0.208. The Morgan fingerprint density at radius 1 is 1.00 bits per heavy atom. The summed E-state index contributed by atoms with van der Waals surface area (Å²) in [5.41, 5.74) is 7.09. The first-order valence-electron chi connectivity index (χ1n) is 13.4. The molecule has 2 N–H and O–H groups in total. The molecule has 2 amide bonds. The van der Waals surface area contributed by atoms with E-state index in [0.29, 0.717) is 29.1 Å². The number of allylic oxidation sites excluding steroid dienone is 2. The van der Waals surface area contributed by atoms with Crippen LogP contribution in [0.25, 0.3) is 22.2 Å². The van der Waals surface area contributed by atoms with Crippen molar-refractivity contribution >= 4 is 28.4 Å². The van der Waals surface area contributed by atoms with Gasteiger partial charge in [-0.25, -0.2) is 4.98 Å². The molecule has 0 fully saturated rings. The lowest BCUT2D eigenvalue weighted by Gasteiger charge is -2.15. The van der Waals surface area contributed by atoms with E-state index >= 15 is 0 Å². The molecule has 0 unspecified atom stereocenters. The first kappa shape index (κ1) is 26.8. The fourth-order valence-electron chi connectivity index (χ4n) is 4.81. The van der Waals surface area contributed by atoms with Gasteiger partial charge in [0, 0.05) is 34.6 Å². The van der Waals surface area contributed by atoms with Gasteiger partial charge in [-0.05, 0) is 106 Å². The maximum absolute atomic E-state index is 13.6. The molecule has 5 rings (SSSR count). The summed E-state index contributed by atoms with van der Waals surface area (Å²) in [6, 6.07) is 16.5. The van der Waals surface area contributed by atoms with Crippen LogP contribution in [0.1, 0.15) is 58.0 Å². The van der Waals surface area contributed by atoms with E-state index in [1.165, 1.54) is 0 Å². The van der Waals surface area contributed by atoms with Crippen molar-refractivity contribution < 1.29 is 14.3 Å². The highest BCUT2D eigenvalue weighted by molar-refractivity contribution is 6.13. The molecule has 2 aromatic carbocycles. The molecule has 1 aliphatic rings. The summed E-state index contributed by atoms with van der Waals surface area (Å²) >= 11 is 0. The SMILES string of the molecule is C/C1=C(\CNC(=O)c2ccc(NC(=O)c3cc(-c4cccnc4)nc4c(C)cc(C)cc34)cc2)O/C=C/CCC1. The molecular formula is C33H32N4O3. The second-order valence-corrected chi connectivity index (χ2v) is 10.1. The number of benzene rings is 2. The molecule has 7 heteroatoms. The Morgan fingerprint density at radius 3 is 2.60 bits per heavy atom. The van der Waals surface area contributed by atoms with Crippen LogP contribution >= 0.6 is 0 Å². The van der Waals surface area contributed by atoms with Gasteiger partial charge < -0.3 is 15.4 Å². The summed E-state index contributed by atoms with van der Waals surface area (Å²) < 4.78 is 5.70. The van der Waals surface area contributed by atoms with Gasteiger partial charge in [-0.1, -0.05) is 11.6 Å². The Balaban J connectivity index is 1.34. The smallest absolute Gasteiger partial charge is 0.256 e. The summed E-state index contributed by atoms with van der Waals surface area (Å²) in [6.45, 7) is 6.36. The van der Waals surface area contributed by atoms with E-state index in [1.54, 1.807) is 49.0 Å². The molecule has 0 radical (unpaired) electrons. The fourth-order valence-corrected chi connectivity index (χ4v) is 4.81. The van der Waals surface area contributed by atoms with E-state index in [-0.39, 0.29) is 11.8 Å². The molecule has 0 atom stereocenters. The van der Waals surface area contributed by atoms with Gasteiger partial charge in [0.05, 0.1) is 29.6 Å². The Kier molecular flexibility index (Phi) is 8.01. The highest BCUT2D eigenvalue weighted by atomic mass is 16.5. The monoisotopic (exact) mass is 532 g/mol. The molecule has 7 nitrogen and oxygen atoms in total. The third-order valence-corrected chi connectivity index (χ3v) is 6.97. The molecule has 0 saturated carbocycles. The number of aromatic nitrogens is 2. The first-order chi connectivity index (χ1) is 19.4. The molecule has 0 bridgehead atoms. The van der Waals surface area contributed by atoms with Crippen LogP contribution in [0.15, 0.2) is 90.7 Å². The number of carbonyl (C=O) groups excluding carboxylic acids is 2. The molecule has 0 aliphatic carbocycles. The number of anilines is 1. The van der Waals surface area contributed by atoms with E-state index in [9.17, 15) is 9.59 Å². The average molecular weight is 533 g/mol. The van der Waals surface area contributed by atoms with Crippen LogP contribution in [0.5, 0.6) is 0 Å². The zero-order valence-corrected chi connectivity index (χ0v) is 23.0. The molecule has 4 aromatic rings. The number of aryl methyl sites for hydroxylation is 2. The minimum Gasteiger partial charge on any atom is -0.468 e. The summed E-state index contributed by atoms with van der Waals surface area (Å²) in [7, 11) is 0. The predicted molar refractivity (Wildman–Crippen MR) is 158 cm³/mol. The lowest BCUT2D eigenvalue weighted by atomic mass is 9.99. The van der Waals surface area contributed by atoms with Crippen LogP contribution in [0, 0.1) is 13.8 Å². The van der Waals surface area contributed by atoms with Crippen molar-refractivity contribution in [2.45, 2.75) is 40.0 Å². The van der Waals surface area contributed by atoms with Crippen LogP contribution in [0.2, 0.25) is 0 Å². The van der Waals surface area contributed by atoms with E-state index in [4.69, 9.17) is 9.72 Å². The normalized spacial score (nSPS) is 16.0. The number of fused-ring (bicyclic) bond motifs is 1. The molecule has 0 spiro atoms. The van der Waals surface area contributed by atoms with E-state index in [1.807, 2.05) is 45.0 Å². The van der Waals surface area contributed by atoms with E-state index < -0.39 is 0 Å². The number of pyridine rings is 2. The highest BCUT2D eigenvalue weighted by Gasteiger charge is 2.17. The molecule has 0 saturated heterocycles. The Bertz CT molecular complexity index is 1620. The van der Waals surface area contributed by atoms with Gasteiger partial charge >= 0.3 is 0 Å². The molecular weight excluding hydrogens is 500 g/mol. The van der Waals surface area contributed by atoms with E-state index in [2.05, 4.69) is 21.7 Å². The molecule has 2 aromatic heterocycles. The van der Waals surface area contributed by atoms with Crippen LogP contribution in [0.4, 0.5) is 5.69 Å². The van der Waals surface area contributed by atoms with Gasteiger partial charge in [0.1, 0.15) is 5.76 Å².